The van der Waals surface area contributed by atoms with Crippen LogP contribution >= 0.6 is 0 Å². The lowest BCUT2D eigenvalue weighted by Gasteiger charge is -2.28. The molecule has 0 radical (unpaired) electrons. The highest BCUT2D eigenvalue weighted by Gasteiger charge is 2.30. The standard InChI is InChI=1S/C35H36N6O2/c42-35(31(26-11-4-1-5-12-26)27-13-6-2-7-14-27)40-20-10-19-39(21-22-40)33-30-25-36-41(29-15-8-3-9-16-29)34(30)38-32(37-33)28-17-23-43-24-18-28/h1-9,11-16,25,28,31H,10,17-24H2. The Balaban J connectivity index is 1.20. The third-order valence-electron chi connectivity index (χ3n) is 8.63. The third-order valence-corrected chi connectivity index (χ3v) is 8.63. The van der Waals surface area contributed by atoms with E-state index in [4.69, 9.17) is 19.8 Å². The van der Waals surface area contributed by atoms with Gasteiger partial charge in [0.15, 0.2) is 5.65 Å². The van der Waals surface area contributed by atoms with Gasteiger partial charge in [0.2, 0.25) is 5.91 Å². The molecule has 7 rings (SSSR count). The van der Waals surface area contributed by atoms with Crippen molar-refractivity contribution in [1.29, 1.82) is 0 Å². The van der Waals surface area contributed by atoms with Crippen molar-refractivity contribution in [2.75, 3.05) is 44.3 Å². The Labute approximate surface area is 251 Å². The largest absolute Gasteiger partial charge is 0.381 e. The molecule has 1 amide bonds. The fourth-order valence-corrected chi connectivity index (χ4v) is 6.35. The van der Waals surface area contributed by atoms with E-state index in [2.05, 4.69) is 29.2 Å². The fourth-order valence-electron chi connectivity index (χ4n) is 6.35. The number of rotatable bonds is 6. The van der Waals surface area contributed by atoms with E-state index in [-0.39, 0.29) is 17.7 Å². The molecule has 8 nitrogen and oxygen atoms in total. The van der Waals surface area contributed by atoms with Crippen molar-refractivity contribution in [3.8, 4) is 5.69 Å². The molecular formula is C35H36N6O2. The Morgan fingerprint density at radius 1 is 0.767 bits per heavy atom. The number of ether oxygens (including phenoxy) is 1. The third kappa shape index (κ3) is 5.62. The van der Waals surface area contributed by atoms with Crippen molar-refractivity contribution in [2.45, 2.75) is 31.1 Å². The maximum absolute atomic E-state index is 14.2. The first-order valence-electron chi connectivity index (χ1n) is 15.3. The van der Waals surface area contributed by atoms with Crippen molar-refractivity contribution in [1.82, 2.24) is 24.6 Å². The minimum Gasteiger partial charge on any atom is -0.381 e. The molecule has 218 valence electrons. The van der Waals surface area contributed by atoms with E-state index >= 15 is 0 Å². The van der Waals surface area contributed by atoms with Crippen LogP contribution in [0.2, 0.25) is 0 Å². The number of amides is 1. The minimum atomic E-state index is -0.330. The van der Waals surface area contributed by atoms with E-state index in [1.165, 1.54) is 0 Å². The summed E-state index contributed by atoms with van der Waals surface area (Å²) in [6.07, 6.45) is 4.56. The van der Waals surface area contributed by atoms with E-state index < -0.39 is 0 Å². The first-order valence-corrected chi connectivity index (χ1v) is 15.3. The van der Waals surface area contributed by atoms with E-state index in [9.17, 15) is 4.79 Å². The predicted octanol–water partition coefficient (Wildman–Crippen LogP) is 5.58. The maximum atomic E-state index is 14.2. The van der Waals surface area contributed by atoms with Gasteiger partial charge >= 0.3 is 0 Å². The van der Waals surface area contributed by atoms with Crippen molar-refractivity contribution < 1.29 is 9.53 Å². The van der Waals surface area contributed by atoms with Gasteiger partial charge < -0.3 is 14.5 Å². The van der Waals surface area contributed by atoms with Crippen LogP contribution in [0.1, 0.15) is 48.0 Å². The summed E-state index contributed by atoms with van der Waals surface area (Å²) >= 11 is 0. The predicted molar refractivity (Wildman–Crippen MR) is 168 cm³/mol. The molecule has 0 aliphatic carbocycles. The van der Waals surface area contributed by atoms with Crippen LogP contribution in [0.5, 0.6) is 0 Å². The van der Waals surface area contributed by atoms with Gasteiger partial charge in [-0.1, -0.05) is 78.9 Å². The lowest BCUT2D eigenvalue weighted by Crippen LogP contribution is -2.38. The number of hydrogen-bond donors (Lipinski definition) is 0. The molecule has 0 N–H and O–H groups in total. The lowest BCUT2D eigenvalue weighted by atomic mass is 9.90. The van der Waals surface area contributed by atoms with Crippen LogP contribution in [-0.4, -0.2) is 69.9 Å². The molecule has 0 spiro atoms. The molecule has 5 aromatic rings. The summed E-state index contributed by atoms with van der Waals surface area (Å²) in [5.41, 5.74) is 3.84. The highest BCUT2D eigenvalue weighted by molar-refractivity contribution is 5.89. The Hall–Kier alpha value is -4.56. The minimum absolute atomic E-state index is 0.145. The van der Waals surface area contributed by atoms with Crippen LogP contribution in [0.15, 0.2) is 97.2 Å². The van der Waals surface area contributed by atoms with Gasteiger partial charge in [-0.3, -0.25) is 4.79 Å². The van der Waals surface area contributed by atoms with Crippen LogP contribution in [0.4, 0.5) is 5.82 Å². The van der Waals surface area contributed by atoms with E-state index in [0.717, 1.165) is 78.5 Å². The molecule has 0 unspecified atom stereocenters. The van der Waals surface area contributed by atoms with Gasteiger partial charge in [-0.2, -0.15) is 5.10 Å². The number of anilines is 1. The summed E-state index contributed by atoms with van der Waals surface area (Å²) in [7, 11) is 0. The van der Waals surface area contributed by atoms with Gasteiger partial charge in [-0.25, -0.2) is 14.6 Å². The summed E-state index contributed by atoms with van der Waals surface area (Å²) < 4.78 is 7.56. The average molecular weight is 573 g/mol. The van der Waals surface area contributed by atoms with Gasteiger partial charge in [-0.05, 0) is 42.5 Å². The average Bonchev–Trinajstić information content (AvgIpc) is 3.35. The fraction of sp³-hybridized carbons (Fsp3) is 0.314. The van der Waals surface area contributed by atoms with Crippen LogP contribution in [0, 0.1) is 0 Å². The summed E-state index contributed by atoms with van der Waals surface area (Å²) in [6, 6.07) is 30.4. The number of benzene rings is 3. The number of carbonyl (C=O) groups is 1. The Bertz CT molecular complexity index is 1630. The second kappa shape index (κ2) is 12.4. The molecular weight excluding hydrogens is 536 g/mol. The van der Waals surface area contributed by atoms with Crippen LogP contribution in [-0.2, 0) is 9.53 Å². The first kappa shape index (κ1) is 27.3. The zero-order valence-electron chi connectivity index (χ0n) is 24.3. The van der Waals surface area contributed by atoms with Crippen LogP contribution in [0.25, 0.3) is 16.7 Å². The summed E-state index contributed by atoms with van der Waals surface area (Å²) in [6.45, 7) is 4.28. The van der Waals surface area contributed by atoms with Crippen molar-refractivity contribution >= 4 is 22.8 Å². The molecule has 43 heavy (non-hydrogen) atoms. The Kier molecular flexibility index (Phi) is 7.84. The zero-order valence-corrected chi connectivity index (χ0v) is 24.3. The van der Waals surface area contributed by atoms with Crippen molar-refractivity contribution in [3.63, 3.8) is 0 Å². The second-order valence-corrected chi connectivity index (χ2v) is 11.3. The van der Waals surface area contributed by atoms with Crippen LogP contribution in [0.3, 0.4) is 0 Å². The molecule has 4 heterocycles. The topological polar surface area (TPSA) is 76.4 Å². The molecule has 8 heteroatoms. The summed E-state index contributed by atoms with van der Waals surface area (Å²) in [5, 5.41) is 5.70. The number of carbonyl (C=O) groups excluding carboxylic acids is 1. The molecule has 0 saturated carbocycles. The molecule has 2 aromatic heterocycles. The SMILES string of the molecule is O=C(C(c1ccccc1)c1ccccc1)N1CCCN(c2nc(C3CCOCC3)nc3c2cnn3-c2ccccc2)CC1. The second-order valence-electron chi connectivity index (χ2n) is 11.3. The molecule has 2 aliphatic rings. The molecule has 2 fully saturated rings. The first-order chi connectivity index (χ1) is 21.3. The lowest BCUT2D eigenvalue weighted by molar-refractivity contribution is -0.131. The van der Waals surface area contributed by atoms with E-state index in [1.54, 1.807) is 0 Å². The smallest absolute Gasteiger partial charge is 0.234 e. The summed E-state index contributed by atoms with van der Waals surface area (Å²) in [5.74, 6) is 1.83. The van der Waals surface area contributed by atoms with Gasteiger partial charge in [0, 0.05) is 45.3 Å². The van der Waals surface area contributed by atoms with Crippen molar-refractivity contribution in [2.24, 2.45) is 0 Å². The highest BCUT2D eigenvalue weighted by atomic mass is 16.5. The van der Waals surface area contributed by atoms with Crippen LogP contribution < -0.4 is 4.90 Å². The molecule has 2 saturated heterocycles. The number of fused-ring (bicyclic) bond motifs is 1. The molecule has 0 bridgehead atoms. The molecule has 0 atom stereocenters. The maximum Gasteiger partial charge on any atom is 0.234 e. The van der Waals surface area contributed by atoms with Gasteiger partial charge in [0.1, 0.15) is 11.6 Å². The quantitative estimate of drug-likeness (QED) is 0.264. The van der Waals surface area contributed by atoms with E-state index in [1.807, 2.05) is 82.5 Å². The number of nitrogens with zero attached hydrogens (tertiary/aromatic N) is 6. The molecule has 2 aliphatic heterocycles. The monoisotopic (exact) mass is 572 g/mol. The number of aromatic nitrogens is 4. The van der Waals surface area contributed by atoms with Gasteiger partial charge in [0.05, 0.1) is 23.2 Å². The molecule has 3 aromatic carbocycles. The summed E-state index contributed by atoms with van der Waals surface area (Å²) in [4.78, 5) is 28.8. The zero-order chi connectivity index (χ0) is 29.0. The number of hydrogen-bond acceptors (Lipinski definition) is 6. The van der Waals surface area contributed by atoms with Crippen molar-refractivity contribution in [3.05, 3.63) is 114 Å². The van der Waals surface area contributed by atoms with E-state index in [0.29, 0.717) is 19.6 Å². The highest BCUT2D eigenvalue weighted by Crippen LogP contribution is 2.33. The normalized spacial score (nSPS) is 16.5. The Morgan fingerprint density at radius 2 is 1.42 bits per heavy atom. The van der Waals surface area contributed by atoms with Gasteiger partial charge in [-0.15, -0.1) is 0 Å². The number of para-hydroxylation sites is 1. The Morgan fingerprint density at radius 3 is 2.09 bits per heavy atom. The van der Waals surface area contributed by atoms with Gasteiger partial charge in [0.25, 0.3) is 0 Å².